The van der Waals surface area contributed by atoms with E-state index in [1.54, 1.807) is 20.0 Å². The molecule has 0 saturated carbocycles. The number of benzene rings is 1. The first kappa shape index (κ1) is 31.2. The molecule has 0 spiro atoms. The molecule has 4 amide bonds. The number of carboxylic acids is 1. The van der Waals surface area contributed by atoms with Crippen molar-refractivity contribution in [1.29, 1.82) is 0 Å². The molecule has 2 rings (SSSR count). The minimum absolute atomic E-state index is 0.00287. The molecule has 214 valence electrons. The molecule has 0 radical (unpaired) electrons. The number of para-hydroxylation sites is 1. The van der Waals surface area contributed by atoms with Crippen molar-refractivity contribution in [2.24, 2.45) is 17.4 Å². The third kappa shape index (κ3) is 8.79. The summed E-state index contributed by atoms with van der Waals surface area (Å²) in [4.78, 5) is 65.0. The van der Waals surface area contributed by atoms with Gasteiger partial charge < -0.3 is 42.6 Å². The van der Waals surface area contributed by atoms with Crippen LogP contribution < -0.4 is 27.4 Å². The Hall–Kier alpha value is -3.97. The van der Waals surface area contributed by atoms with Crippen LogP contribution in [-0.4, -0.2) is 75.1 Å². The van der Waals surface area contributed by atoms with Crippen molar-refractivity contribution in [2.45, 2.75) is 76.7 Å². The molecular weight excluding hydrogens is 508 g/mol. The number of H-pyrrole nitrogens is 1. The van der Waals surface area contributed by atoms with E-state index in [4.69, 9.17) is 11.5 Å². The Morgan fingerprint density at radius 3 is 2.21 bits per heavy atom. The SMILES string of the molecule is CCC(C)C(NC(=O)C(NC(=O)C(Cc1c[nH]c2ccccc12)NC(=O)C(N)CCC(N)=O)C(C)O)C(=O)O. The Morgan fingerprint density at radius 1 is 0.974 bits per heavy atom. The van der Waals surface area contributed by atoms with Crippen LogP contribution >= 0.6 is 0 Å². The zero-order valence-electron chi connectivity index (χ0n) is 22.3. The highest BCUT2D eigenvalue weighted by molar-refractivity contribution is 5.95. The van der Waals surface area contributed by atoms with E-state index in [2.05, 4.69) is 20.9 Å². The van der Waals surface area contributed by atoms with Crippen LogP contribution in [0.5, 0.6) is 0 Å². The van der Waals surface area contributed by atoms with E-state index in [-0.39, 0.29) is 19.3 Å². The van der Waals surface area contributed by atoms with Crippen LogP contribution in [0.25, 0.3) is 10.9 Å². The molecule has 0 aliphatic heterocycles. The number of aliphatic carboxylic acids is 1. The highest BCUT2D eigenvalue weighted by Crippen LogP contribution is 2.19. The second-order valence-corrected chi connectivity index (χ2v) is 9.67. The third-order valence-corrected chi connectivity index (χ3v) is 6.61. The van der Waals surface area contributed by atoms with E-state index in [1.807, 2.05) is 24.3 Å². The van der Waals surface area contributed by atoms with E-state index in [0.717, 1.165) is 10.9 Å². The van der Waals surface area contributed by atoms with Crippen LogP contribution in [0.3, 0.4) is 0 Å². The summed E-state index contributed by atoms with van der Waals surface area (Å²) in [5, 5.41) is 28.0. The minimum Gasteiger partial charge on any atom is -0.480 e. The minimum atomic E-state index is -1.51. The maximum Gasteiger partial charge on any atom is 0.326 e. The summed E-state index contributed by atoms with van der Waals surface area (Å²) in [6, 6.07) is 2.24. The number of carbonyl (C=O) groups is 5. The molecule has 0 bridgehead atoms. The molecule has 10 N–H and O–H groups in total. The van der Waals surface area contributed by atoms with E-state index < -0.39 is 65.8 Å². The Balaban J connectivity index is 2.29. The van der Waals surface area contributed by atoms with Crippen LogP contribution in [0.1, 0.15) is 45.6 Å². The number of aromatic nitrogens is 1. The fourth-order valence-electron chi connectivity index (χ4n) is 4.02. The predicted octanol–water partition coefficient (Wildman–Crippen LogP) is -0.731. The van der Waals surface area contributed by atoms with Gasteiger partial charge >= 0.3 is 5.97 Å². The second kappa shape index (κ2) is 14.3. The summed E-state index contributed by atoms with van der Waals surface area (Å²) in [6.45, 7) is 4.70. The van der Waals surface area contributed by atoms with Gasteiger partial charge in [-0.25, -0.2) is 4.79 Å². The average molecular weight is 547 g/mol. The first-order valence-electron chi connectivity index (χ1n) is 12.8. The zero-order valence-corrected chi connectivity index (χ0v) is 22.3. The highest BCUT2D eigenvalue weighted by atomic mass is 16.4. The van der Waals surface area contributed by atoms with Gasteiger partial charge in [0.2, 0.25) is 23.6 Å². The molecule has 6 atom stereocenters. The topological polar surface area (TPSA) is 230 Å². The number of fused-ring (bicyclic) bond motifs is 1. The Morgan fingerprint density at radius 2 is 1.62 bits per heavy atom. The van der Waals surface area contributed by atoms with Gasteiger partial charge in [-0.1, -0.05) is 38.5 Å². The monoisotopic (exact) mass is 546 g/mol. The summed E-state index contributed by atoms with van der Waals surface area (Å²) in [5.74, 6) is -4.69. The number of carbonyl (C=O) groups excluding carboxylic acids is 4. The number of carboxylic acid groups (broad SMARTS) is 1. The predicted molar refractivity (Wildman–Crippen MR) is 143 cm³/mol. The molecule has 13 heteroatoms. The van der Waals surface area contributed by atoms with Crippen molar-refractivity contribution >= 4 is 40.5 Å². The summed E-state index contributed by atoms with van der Waals surface area (Å²) < 4.78 is 0. The van der Waals surface area contributed by atoms with Gasteiger partial charge in [-0.2, -0.15) is 0 Å². The number of nitrogens with two attached hydrogens (primary N) is 2. The molecule has 13 nitrogen and oxygen atoms in total. The van der Waals surface area contributed by atoms with Crippen molar-refractivity contribution in [3.63, 3.8) is 0 Å². The Bertz CT molecular complexity index is 1180. The quantitative estimate of drug-likeness (QED) is 0.142. The lowest BCUT2D eigenvalue weighted by molar-refractivity contribution is -0.144. The lowest BCUT2D eigenvalue weighted by Crippen LogP contribution is -2.60. The van der Waals surface area contributed by atoms with Gasteiger partial charge in [0.1, 0.15) is 18.1 Å². The number of aliphatic hydroxyl groups excluding tert-OH is 1. The summed E-state index contributed by atoms with van der Waals surface area (Å²) in [5.41, 5.74) is 12.5. The van der Waals surface area contributed by atoms with Crippen molar-refractivity contribution in [3.8, 4) is 0 Å². The molecule has 0 aliphatic carbocycles. The first-order valence-corrected chi connectivity index (χ1v) is 12.8. The number of hydrogen-bond donors (Lipinski definition) is 8. The van der Waals surface area contributed by atoms with Crippen LogP contribution in [0.4, 0.5) is 0 Å². The molecule has 0 aliphatic rings. The molecule has 6 unspecified atom stereocenters. The zero-order chi connectivity index (χ0) is 29.3. The largest absolute Gasteiger partial charge is 0.480 e. The van der Waals surface area contributed by atoms with Gasteiger partial charge in [-0.05, 0) is 30.9 Å². The molecule has 1 aromatic carbocycles. The van der Waals surface area contributed by atoms with E-state index in [1.165, 1.54) is 6.92 Å². The van der Waals surface area contributed by atoms with E-state index in [0.29, 0.717) is 12.0 Å². The molecule has 2 aromatic rings. The maximum atomic E-state index is 13.4. The number of aromatic amines is 1. The molecular formula is C26H38N6O7. The Labute approximate surface area is 226 Å². The highest BCUT2D eigenvalue weighted by Gasteiger charge is 2.34. The molecule has 39 heavy (non-hydrogen) atoms. The number of primary amides is 1. The van der Waals surface area contributed by atoms with Gasteiger partial charge in [0.25, 0.3) is 0 Å². The second-order valence-electron chi connectivity index (χ2n) is 9.67. The van der Waals surface area contributed by atoms with Gasteiger partial charge in [0, 0.05) is 29.9 Å². The maximum absolute atomic E-state index is 13.4. The molecule has 0 saturated heterocycles. The lowest BCUT2D eigenvalue weighted by Gasteiger charge is -2.27. The summed E-state index contributed by atoms with van der Waals surface area (Å²) >= 11 is 0. The van der Waals surface area contributed by atoms with Crippen LogP contribution in [0.15, 0.2) is 30.5 Å². The normalized spacial score (nSPS) is 15.8. The lowest BCUT2D eigenvalue weighted by atomic mass is 9.98. The van der Waals surface area contributed by atoms with Crippen LogP contribution in [0, 0.1) is 5.92 Å². The molecule has 1 heterocycles. The summed E-state index contributed by atoms with van der Waals surface area (Å²) in [7, 11) is 0. The van der Waals surface area contributed by atoms with E-state index >= 15 is 0 Å². The number of nitrogens with one attached hydrogen (secondary N) is 4. The van der Waals surface area contributed by atoms with Gasteiger partial charge in [0.15, 0.2) is 0 Å². The smallest absolute Gasteiger partial charge is 0.326 e. The molecule has 0 fully saturated rings. The first-order chi connectivity index (χ1) is 18.3. The summed E-state index contributed by atoms with van der Waals surface area (Å²) in [6.07, 6.45) is 0.613. The van der Waals surface area contributed by atoms with Crippen molar-refractivity contribution in [3.05, 3.63) is 36.0 Å². The average Bonchev–Trinajstić information content (AvgIpc) is 3.29. The van der Waals surface area contributed by atoms with Crippen molar-refractivity contribution in [2.75, 3.05) is 0 Å². The van der Waals surface area contributed by atoms with Gasteiger partial charge in [0.05, 0.1) is 12.1 Å². The third-order valence-electron chi connectivity index (χ3n) is 6.61. The standard InChI is InChI=1S/C26H38N6O7/c1-4-13(2)21(26(38)39)31-25(37)22(14(3)33)32-24(36)19(30-23(35)17(27)9-10-20(28)34)11-15-12-29-18-8-6-5-7-16(15)18/h5-8,12-14,17,19,21-22,29,33H,4,9-11,27H2,1-3H3,(H2,28,34)(H,30,35)(H,31,37)(H,32,36)(H,38,39). The van der Waals surface area contributed by atoms with Crippen molar-refractivity contribution < 1.29 is 34.2 Å². The Kier molecular flexibility index (Phi) is 11.4. The van der Waals surface area contributed by atoms with Crippen LogP contribution in [0.2, 0.25) is 0 Å². The fraction of sp³-hybridized carbons (Fsp3) is 0.500. The van der Waals surface area contributed by atoms with Crippen molar-refractivity contribution in [1.82, 2.24) is 20.9 Å². The van der Waals surface area contributed by atoms with Gasteiger partial charge in [-0.15, -0.1) is 0 Å². The number of rotatable bonds is 15. The number of hydrogen-bond acceptors (Lipinski definition) is 7. The molecule has 1 aromatic heterocycles. The number of amides is 4. The van der Waals surface area contributed by atoms with E-state index in [9.17, 15) is 34.2 Å². The fourth-order valence-corrected chi connectivity index (χ4v) is 4.02. The van der Waals surface area contributed by atoms with Crippen LogP contribution in [-0.2, 0) is 30.4 Å². The van der Waals surface area contributed by atoms with Gasteiger partial charge in [-0.3, -0.25) is 19.2 Å². The number of aliphatic hydroxyl groups is 1.